The van der Waals surface area contributed by atoms with Gasteiger partial charge in [0.2, 0.25) is 17.6 Å². The molecule has 146 valence electrons. The molecule has 3 rings (SSSR count). The van der Waals surface area contributed by atoms with Crippen molar-refractivity contribution in [1.29, 1.82) is 0 Å². The molecule has 1 aliphatic rings. The normalized spacial score (nSPS) is 15.3. The van der Waals surface area contributed by atoms with Gasteiger partial charge in [-0.3, -0.25) is 9.69 Å². The number of piperazine rings is 1. The highest BCUT2D eigenvalue weighted by atomic mass is 35.5. The summed E-state index contributed by atoms with van der Waals surface area (Å²) >= 11 is 5.90. The Labute approximate surface area is 163 Å². The van der Waals surface area contributed by atoms with Gasteiger partial charge in [0.25, 0.3) is 0 Å². The van der Waals surface area contributed by atoms with Crippen LogP contribution < -0.4 is 5.32 Å². The van der Waals surface area contributed by atoms with Crippen LogP contribution in [0, 0.1) is 0 Å². The van der Waals surface area contributed by atoms with E-state index in [1.165, 1.54) is 0 Å². The Morgan fingerprint density at radius 3 is 2.70 bits per heavy atom. The number of aromatic nitrogens is 2. The summed E-state index contributed by atoms with van der Waals surface area (Å²) in [5.41, 5.74) is 0.866. The van der Waals surface area contributed by atoms with Crippen LogP contribution in [0.5, 0.6) is 0 Å². The lowest BCUT2D eigenvalue weighted by Gasteiger charge is -2.34. The van der Waals surface area contributed by atoms with Gasteiger partial charge < -0.3 is 19.5 Å². The molecule has 27 heavy (non-hydrogen) atoms. The number of ether oxygens (including phenoxy) is 1. The molecule has 0 spiro atoms. The molecule has 2 heterocycles. The van der Waals surface area contributed by atoms with E-state index < -0.39 is 0 Å². The van der Waals surface area contributed by atoms with Gasteiger partial charge in [0, 0.05) is 50.4 Å². The van der Waals surface area contributed by atoms with E-state index in [1.54, 1.807) is 19.2 Å². The van der Waals surface area contributed by atoms with Gasteiger partial charge in [0.15, 0.2) is 0 Å². The molecule has 0 radical (unpaired) electrons. The van der Waals surface area contributed by atoms with Crippen molar-refractivity contribution in [2.75, 3.05) is 53.0 Å². The SMILES string of the molecule is COCCNCC(=O)N1CCN(Cc2nc(-c3ccc(Cl)cc3)no2)CC1. The quantitative estimate of drug-likeness (QED) is 0.676. The molecule has 1 aromatic heterocycles. The third-order valence-corrected chi connectivity index (χ3v) is 4.67. The summed E-state index contributed by atoms with van der Waals surface area (Å²) < 4.78 is 10.3. The van der Waals surface area contributed by atoms with E-state index in [0.29, 0.717) is 56.1 Å². The first kappa shape index (κ1) is 19.8. The fraction of sp³-hybridized carbons (Fsp3) is 0.500. The zero-order valence-corrected chi connectivity index (χ0v) is 16.1. The lowest BCUT2D eigenvalue weighted by atomic mass is 10.2. The third-order valence-electron chi connectivity index (χ3n) is 4.41. The molecular weight excluding hydrogens is 370 g/mol. The van der Waals surface area contributed by atoms with Crippen molar-refractivity contribution in [3.8, 4) is 11.4 Å². The first-order chi connectivity index (χ1) is 13.2. The first-order valence-corrected chi connectivity index (χ1v) is 9.32. The third kappa shape index (κ3) is 5.74. The average molecular weight is 394 g/mol. The molecule has 0 bridgehead atoms. The van der Waals surface area contributed by atoms with Crippen LogP contribution in [0.1, 0.15) is 5.89 Å². The van der Waals surface area contributed by atoms with Crippen molar-refractivity contribution in [1.82, 2.24) is 25.3 Å². The summed E-state index contributed by atoms with van der Waals surface area (Å²) in [6.07, 6.45) is 0. The minimum absolute atomic E-state index is 0.119. The summed E-state index contributed by atoms with van der Waals surface area (Å²) in [6.45, 7) is 5.15. The zero-order chi connectivity index (χ0) is 19.1. The zero-order valence-electron chi connectivity index (χ0n) is 15.4. The minimum atomic E-state index is 0.119. The Morgan fingerprint density at radius 2 is 2.00 bits per heavy atom. The van der Waals surface area contributed by atoms with E-state index in [4.69, 9.17) is 20.9 Å². The molecule has 0 aliphatic carbocycles. The minimum Gasteiger partial charge on any atom is -0.383 e. The number of carbonyl (C=O) groups is 1. The molecule has 9 heteroatoms. The summed E-state index contributed by atoms with van der Waals surface area (Å²) in [4.78, 5) is 20.7. The van der Waals surface area contributed by atoms with Gasteiger partial charge in [0.05, 0.1) is 19.7 Å². The Balaban J connectivity index is 1.44. The molecule has 1 saturated heterocycles. The number of hydrogen-bond donors (Lipinski definition) is 1. The lowest BCUT2D eigenvalue weighted by molar-refractivity contribution is -0.132. The smallest absolute Gasteiger partial charge is 0.241 e. The Kier molecular flexibility index (Phi) is 7.17. The van der Waals surface area contributed by atoms with Gasteiger partial charge in [-0.05, 0) is 24.3 Å². The first-order valence-electron chi connectivity index (χ1n) is 8.94. The summed E-state index contributed by atoms with van der Waals surface area (Å²) in [5.74, 6) is 1.24. The second kappa shape index (κ2) is 9.80. The number of amides is 1. The standard InChI is InChI=1S/C18H24ClN5O3/c1-26-11-6-20-12-17(25)24-9-7-23(8-10-24)13-16-21-18(22-27-16)14-2-4-15(19)5-3-14/h2-5,20H,6-13H2,1H3. The van der Waals surface area contributed by atoms with Crippen LogP contribution in [0.4, 0.5) is 0 Å². The highest BCUT2D eigenvalue weighted by Gasteiger charge is 2.22. The van der Waals surface area contributed by atoms with Crippen LogP contribution in [-0.4, -0.2) is 78.8 Å². The molecular formula is C18H24ClN5O3. The predicted molar refractivity (Wildman–Crippen MR) is 101 cm³/mol. The molecule has 1 aromatic carbocycles. The highest BCUT2D eigenvalue weighted by molar-refractivity contribution is 6.30. The van der Waals surface area contributed by atoms with Gasteiger partial charge >= 0.3 is 0 Å². The monoisotopic (exact) mass is 393 g/mol. The van der Waals surface area contributed by atoms with Crippen molar-refractivity contribution in [3.05, 3.63) is 35.2 Å². The van der Waals surface area contributed by atoms with E-state index in [0.717, 1.165) is 18.7 Å². The van der Waals surface area contributed by atoms with Gasteiger partial charge in [-0.25, -0.2) is 0 Å². The fourth-order valence-electron chi connectivity index (χ4n) is 2.86. The number of rotatable bonds is 8. The number of nitrogens with one attached hydrogen (secondary N) is 1. The molecule has 0 unspecified atom stereocenters. The van der Waals surface area contributed by atoms with Crippen LogP contribution in [0.3, 0.4) is 0 Å². The Bertz CT molecular complexity index is 729. The number of halogens is 1. The van der Waals surface area contributed by atoms with Crippen LogP contribution in [0.2, 0.25) is 5.02 Å². The van der Waals surface area contributed by atoms with Gasteiger partial charge in [0.1, 0.15) is 0 Å². The maximum absolute atomic E-state index is 12.2. The number of carbonyl (C=O) groups excluding carboxylic acids is 1. The van der Waals surface area contributed by atoms with Crippen LogP contribution in [-0.2, 0) is 16.1 Å². The van der Waals surface area contributed by atoms with Crippen molar-refractivity contribution in [2.24, 2.45) is 0 Å². The molecule has 8 nitrogen and oxygen atoms in total. The molecule has 0 saturated carbocycles. The number of methoxy groups -OCH3 is 1. The maximum Gasteiger partial charge on any atom is 0.241 e. The maximum atomic E-state index is 12.2. The van der Waals surface area contributed by atoms with E-state index in [1.807, 2.05) is 17.0 Å². The van der Waals surface area contributed by atoms with E-state index in [2.05, 4.69) is 20.4 Å². The summed E-state index contributed by atoms with van der Waals surface area (Å²) in [6, 6.07) is 7.32. The number of hydrogen-bond acceptors (Lipinski definition) is 7. The molecule has 1 amide bonds. The van der Waals surface area contributed by atoms with Crippen LogP contribution in [0.25, 0.3) is 11.4 Å². The molecule has 2 aromatic rings. The predicted octanol–water partition coefficient (Wildman–Crippen LogP) is 1.27. The summed E-state index contributed by atoms with van der Waals surface area (Å²) in [7, 11) is 1.64. The Morgan fingerprint density at radius 1 is 1.26 bits per heavy atom. The fourth-order valence-corrected chi connectivity index (χ4v) is 2.99. The van der Waals surface area contributed by atoms with Gasteiger partial charge in [-0.15, -0.1) is 0 Å². The molecule has 0 atom stereocenters. The second-order valence-electron chi connectivity index (χ2n) is 6.35. The topological polar surface area (TPSA) is 83.7 Å². The number of benzene rings is 1. The molecule has 1 fully saturated rings. The van der Waals surface area contributed by atoms with E-state index in [9.17, 15) is 4.79 Å². The average Bonchev–Trinajstić information content (AvgIpc) is 3.15. The number of nitrogens with zero attached hydrogens (tertiary/aromatic N) is 4. The summed E-state index contributed by atoms with van der Waals surface area (Å²) in [5, 5.41) is 7.79. The van der Waals surface area contributed by atoms with Crippen molar-refractivity contribution in [3.63, 3.8) is 0 Å². The van der Waals surface area contributed by atoms with Crippen molar-refractivity contribution < 1.29 is 14.1 Å². The molecule has 1 aliphatic heterocycles. The van der Waals surface area contributed by atoms with Crippen LogP contribution in [0.15, 0.2) is 28.8 Å². The lowest BCUT2D eigenvalue weighted by Crippen LogP contribution is -2.50. The Hall–Kier alpha value is -2.00. The van der Waals surface area contributed by atoms with Crippen LogP contribution >= 0.6 is 11.6 Å². The largest absolute Gasteiger partial charge is 0.383 e. The van der Waals surface area contributed by atoms with E-state index in [-0.39, 0.29) is 5.91 Å². The second-order valence-corrected chi connectivity index (χ2v) is 6.78. The highest BCUT2D eigenvalue weighted by Crippen LogP contribution is 2.19. The van der Waals surface area contributed by atoms with Gasteiger partial charge in [-0.1, -0.05) is 16.8 Å². The molecule has 1 N–H and O–H groups in total. The van der Waals surface area contributed by atoms with Gasteiger partial charge in [-0.2, -0.15) is 4.98 Å². The van der Waals surface area contributed by atoms with Crippen molar-refractivity contribution in [2.45, 2.75) is 6.54 Å². The van der Waals surface area contributed by atoms with E-state index >= 15 is 0 Å². The van der Waals surface area contributed by atoms with Crippen molar-refractivity contribution >= 4 is 17.5 Å².